The topological polar surface area (TPSA) is 62.6 Å². The molecule has 0 radical (unpaired) electrons. The molecule has 156 valence electrons. The molecule has 0 aliphatic rings. The van der Waals surface area contributed by atoms with Crippen LogP contribution in [0.4, 0.5) is 11.4 Å². The van der Waals surface area contributed by atoms with Crippen molar-refractivity contribution in [1.29, 1.82) is 0 Å². The van der Waals surface area contributed by atoms with Crippen LogP contribution in [-0.4, -0.2) is 37.7 Å². The number of anilines is 2. The Morgan fingerprint density at radius 3 is 2.28 bits per heavy atom. The number of para-hydroxylation sites is 2. The number of rotatable bonds is 9. The Morgan fingerprint density at radius 1 is 1.00 bits per heavy atom. The van der Waals surface area contributed by atoms with Crippen LogP contribution in [0.1, 0.15) is 38.7 Å². The number of amides is 2. The standard InChI is InChI=1S/C23H31N3O2S/c1-6-16(2)18-11-7-8-12-19(18)25-23(28)17(3)26(4)15-22(27)24-20-13-9-10-14-21(20)29-5/h7-14,16-17H,6,15H2,1-5H3,(H,24,27)(H,25,28)/p+1/t16-,17-/m1/s1. The summed E-state index contributed by atoms with van der Waals surface area (Å²) in [7, 11) is 1.87. The van der Waals surface area contributed by atoms with Crippen LogP contribution in [0.3, 0.4) is 0 Å². The fourth-order valence-electron chi connectivity index (χ4n) is 3.07. The number of benzene rings is 2. The molecule has 3 N–H and O–H groups in total. The molecule has 3 atom stereocenters. The fourth-order valence-corrected chi connectivity index (χ4v) is 3.63. The van der Waals surface area contributed by atoms with Crippen molar-refractivity contribution in [3.8, 4) is 0 Å². The maximum atomic E-state index is 12.8. The molecular weight excluding hydrogens is 382 g/mol. The zero-order valence-electron chi connectivity index (χ0n) is 17.9. The first kappa shape index (κ1) is 23.0. The van der Waals surface area contributed by atoms with Gasteiger partial charge in [0.2, 0.25) is 0 Å². The molecule has 5 nitrogen and oxygen atoms in total. The molecule has 1 unspecified atom stereocenters. The second kappa shape index (κ2) is 11.0. The van der Waals surface area contributed by atoms with Crippen molar-refractivity contribution in [2.24, 2.45) is 0 Å². The summed E-state index contributed by atoms with van der Waals surface area (Å²) in [5.74, 6) is 0.174. The van der Waals surface area contributed by atoms with Crippen LogP contribution in [-0.2, 0) is 9.59 Å². The monoisotopic (exact) mass is 414 g/mol. The first-order chi connectivity index (χ1) is 13.9. The predicted octanol–water partition coefficient (Wildman–Crippen LogP) is 3.40. The average Bonchev–Trinajstić information content (AvgIpc) is 2.73. The molecule has 0 heterocycles. The van der Waals surface area contributed by atoms with E-state index in [-0.39, 0.29) is 24.4 Å². The third-order valence-corrected chi connectivity index (χ3v) is 6.11. The van der Waals surface area contributed by atoms with Crippen molar-refractivity contribution >= 4 is 35.0 Å². The number of thioether (sulfide) groups is 1. The van der Waals surface area contributed by atoms with Crippen molar-refractivity contribution in [2.75, 3.05) is 30.5 Å². The average molecular weight is 415 g/mol. The minimum atomic E-state index is -0.360. The quantitative estimate of drug-likeness (QED) is 0.551. The van der Waals surface area contributed by atoms with Gasteiger partial charge in [-0.2, -0.15) is 0 Å². The van der Waals surface area contributed by atoms with Crippen molar-refractivity contribution < 1.29 is 14.5 Å². The number of carbonyl (C=O) groups is 2. The van der Waals surface area contributed by atoms with Gasteiger partial charge >= 0.3 is 0 Å². The lowest BCUT2D eigenvalue weighted by molar-refractivity contribution is -0.885. The van der Waals surface area contributed by atoms with Crippen molar-refractivity contribution in [3.63, 3.8) is 0 Å². The normalized spacial score (nSPS) is 14.0. The van der Waals surface area contributed by atoms with Crippen LogP contribution in [0.5, 0.6) is 0 Å². The van der Waals surface area contributed by atoms with Crippen LogP contribution in [0.15, 0.2) is 53.4 Å². The number of hydrogen-bond donors (Lipinski definition) is 3. The maximum Gasteiger partial charge on any atom is 0.282 e. The zero-order chi connectivity index (χ0) is 21.4. The van der Waals surface area contributed by atoms with Gasteiger partial charge < -0.3 is 15.5 Å². The van der Waals surface area contributed by atoms with E-state index in [0.717, 1.165) is 33.2 Å². The second-order valence-corrected chi connectivity index (χ2v) is 8.23. The molecule has 0 bridgehead atoms. The largest absolute Gasteiger partial charge is 0.321 e. The summed E-state index contributed by atoms with van der Waals surface area (Å²) in [5, 5.41) is 6.01. The first-order valence-electron chi connectivity index (χ1n) is 10.0. The highest BCUT2D eigenvalue weighted by Gasteiger charge is 2.25. The van der Waals surface area contributed by atoms with Gasteiger partial charge in [0, 0.05) is 10.6 Å². The van der Waals surface area contributed by atoms with E-state index in [1.54, 1.807) is 11.8 Å². The van der Waals surface area contributed by atoms with E-state index in [2.05, 4.69) is 30.5 Å². The summed E-state index contributed by atoms with van der Waals surface area (Å²) in [6, 6.07) is 15.3. The Hall–Kier alpha value is -2.31. The predicted molar refractivity (Wildman–Crippen MR) is 122 cm³/mol. The van der Waals surface area contributed by atoms with Crippen LogP contribution in [0.25, 0.3) is 0 Å². The Balaban J connectivity index is 1.98. The van der Waals surface area contributed by atoms with Crippen molar-refractivity contribution in [2.45, 2.75) is 44.0 Å². The van der Waals surface area contributed by atoms with Crippen LogP contribution in [0, 0.1) is 0 Å². The Kier molecular flexibility index (Phi) is 8.73. The molecule has 0 aliphatic carbocycles. The molecule has 29 heavy (non-hydrogen) atoms. The summed E-state index contributed by atoms with van der Waals surface area (Å²) >= 11 is 1.59. The van der Waals surface area contributed by atoms with Gasteiger partial charge in [0.1, 0.15) is 0 Å². The highest BCUT2D eigenvalue weighted by atomic mass is 32.2. The highest BCUT2D eigenvalue weighted by molar-refractivity contribution is 7.98. The van der Waals surface area contributed by atoms with E-state index in [1.165, 1.54) is 0 Å². The summed E-state index contributed by atoms with van der Waals surface area (Å²) in [5.41, 5.74) is 2.79. The Morgan fingerprint density at radius 2 is 1.62 bits per heavy atom. The lowest BCUT2D eigenvalue weighted by Crippen LogP contribution is -3.14. The van der Waals surface area contributed by atoms with Gasteiger partial charge in [-0.05, 0) is 49.3 Å². The third-order valence-electron chi connectivity index (χ3n) is 5.31. The lowest BCUT2D eigenvalue weighted by Gasteiger charge is -2.22. The molecule has 0 saturated heterocycles. The van der Waals surface area contributed by atoms with E-state index >= 15 is 0 Å². The molecule has 2 rings (SSSR count). The van der Waals surface area contributed by atoms with Gasteiger partial charge in [0.25, 0.3) is 11.8 Å². The van der Waals surface area contributed by atoms with E-state index in [9.17, 15) is 9.59 Å². The summed E-state index contributed by atoms with van der Waals surface area (Å²) in [6.07, 6.45) is 2.98. The minimum Gasteiger partial charge on any atom is -0.321 e. The van der Waals surface area contributed by atoms with Crippen molar-refractivity contribution in [1.82, 2.24) is 0 Å². The first-order valence-corrected chi connectivity index (χ1v) is 11.2. The third kappa shape index (κ3) is 6.34. The van der Waals surface area contributed by atoms with Crippen LogP contribution in [0.2, 0.25) is 0 Å². The summed E-state index contributed by atoms with van der Waals surface area (Å²) < 4.78 is 0. The van der Waals surface area contributed by atoms with E-state index < -0.39 is 0 Å². The molecular formula is C23H32N3O2S+. The molecule has 0 spiro atoms. The fraction of sp³-hybridized carbons (Fsp3) is 0.391. The molecule has 0 fully saturated rings. The molecule has 0 saturated carbocycles. The Labute approximate surface area is 178 Å². The van der Waals surface area contributed by atoms with Gasteiger partial charge in [-0.15, -0.1) is 11.8 Å². The number of quaternary nitrogens is 1. The van der Waals surface area contributed by atoms with Gasteiger partial charge in [0.05, 0.1) is 12.7 Å². The van der Waals surface area contributed by atoms with Gasteiger partial charge in [-0.1, -0.05) is 44.2 Å². The molecule has 0 aromatic heterocycles. The number of likely N-dealkylation sites (N-methyl/N-ethyl adjacent to an activating group) is 1. The highest BCUT2D eigenvalue weighted by Crippen LogP contribution is 2.26. The molecule has 2 aromatic carbocycles. The van der Waals surface area contributed by atoms with Gasteiger partial charge in [0.15, 0.2) is 12.6 Å². The zero-order valence-corrected chi connectivity index (χ0v) is 18.7. The van der Waals surface area contributed by atoms with Crippen LogP contribution < -0.4 is 15.5 Å². The van der Waals surface area contributed by atoms with E-state index in [1.807, 2.05) is 62.7 Å². The molecule has 2 aromatic rings. The van der Waals surface area contributed by atoms with Crippen molar-refractivity contribution in [3.05, 3.63) is 54.1 Å². The molecule has 6 heteroatoms. The van der Waals surface area contributed by atoms with E-state index in [4.69, 9.17) is 0 Å². The smallest absolute Gasteiger partial charge is 0.282 e. The number of nitrogens with one attached hydrogen (secondary N) is 3. The van der Waals surface area contributed by atoms with E-state index in [0.29, 0.717) is 5.92 Å². The van der Waals surface area contributed by atoms with Crippen LogP contribution >= 0.6 is 11.8 Å². The summed E-state index contributed by atoms with van der Waals surface area (Å²) in [6.45, 7) is 6.35. The molecule has 2 amide bonds. The minimum absolute atomic E-state index is 0.0874. The van der Waals surface area contributed by atoms with Gasteiger partial charge in [-0.3, -0.25) is 9.59 Å². The Bertz CT molecular complexity index is 840. The summed E-state index contributed by atoms with van der Waals surface area (Å²) in [4.78, 5) is 27.1. The van der Waals surface area contributed by atoms with Gasteiger partial charge in [-0.25, -0.2) is 0 Å². The number of carbonyl (C=O) groups excluding carboxylic acids is 2. The lowest BCUT2D eigenvalue weighted by atomic mass is 9.97. The SMILES string of the molecule is CC[C@@H](C)c1ccccc1NC(=O)[C@@H](C)[NH+](C)CC(=O)Nc1ccccc1SC. The maximum absolute atomic E-state index is 12.8. The number of hydrogen-bond acceptors (Lipinski definition) is 3. The molecule has 0 aliphatic heterocycles. The second-order valence-electron chi connectivity index (χ2n) is 7.38.